The summed E-state index contributed by atoms with van der Waals surface area (Å²) in [5.74, 6) is 0. The number of para-hydroxylation sites is 1. The van der Waals surface area contributed by atoms with Gasteiger partial charge in [-0.05, 0) is 44.0 Å². The SMILES string of the molecule is CCOP(=O)(CCCN1C(=Cc2cc[n+](C)cc2)Sc2ccccc21)OCC.[Br-]. The number of nitrogens with zero attached hydrogens (tertiary/aromatic N) is 2. The maximum atomic E-state index is 12.8. The van der Waals surface area contributed by atoms with Gasteiger partial charge in [0.05, 0.1) is 30.1 Å². The highest BCUT2D eigenvalue weighted by atomic mass is 79.9. The summed E-state index contributed by atoms with van der Waals surface area (Å²) >= 11 is 1.77. The molecule has 0 N–H and O–H groups in total. The van der Waals surface area contributed by atoms with Crippen molar-refractivity contribution in [2.45, 2.75) is 25.2 Å². The molecule has 29 heavy (non-hydrogen) atoms. The normalized spacial score (nSPS) is 14.7. The molecule has 0 fully saturated rings. The van der Waals surface area contributed by atoms with E-state index in [9.17, 15) is 4.57 Å². The second kappa shape index (κ2) is 11.3. The minimum absolute atomic E-state index is 0. The lowest BCUT2D eigenvalue weighted by atomic mass is 10.2. The third-order valence-corrected chi connectivity index (χ3v) is 7.68. The summed E-state index contributed by atoms with van der Waals surface area (Å²) < 4.78 is 25.6. The largest absolute Gasteiger partial charge is 1.00 e. The van der Waals surface area contributed by atoms with Crippen LogP contribution in [0.15, 0.2) is 58.7 Å². The zero-order valence-electron chi connectivity index (χ0n) is 17.1. The zero-order chi connectivity index (χ0) is 20.0. The Hall–Kier alpha value is -1.11. The number of aromatic nitrogens is 1. The van der Waals surface area contributed by atoms with Gasteiger partial charge in [-0.3, -0.25) is 4.57 Å². The molecule has 158 valence electrons. The van der Waals surface area contributed by atoms with Crippen molar-refractivity contribution in [2.75, 3.05) is 30.8 Å². The minimum Gasteiger partial charge on any atom is -1.00 e. The maximum Gasteiger partial charge on any atom is 0.330 e. The van der Waals surface area contributed by atoms with Gasteiger partial charge in [0.2, 0.25) is 0 Å². The molecule has 0 bridgehead atoms. The summed E-state index contributed by atoms with van der Waals surface area (Å²) in [6.07, 6.45) is 7.45. The number of fused-ring (bicyclic) bond motifs is 1. The lowest BCUT2D eigenvalue weighted by Gasteiger charge is -2.22. The number of anilines is 1. The standard InChI is InChI=1S/C21H28N2O3PS.BrH/c1-4-25-27(24,26-5-2)16-8-13-23-19-9-6-7-10-20(19)28-21(23)17-18-11-14-22(3)15-12-18;/h6-7,9-12,14-15,17H,4-5,8,13,16H2,1-3H3;1H/q+1;/p-1. The van der Waals surface area contributed by atoms with E-state index in [-0.39, 0.29) is 17.0 Å². The van der Waals surface area contributed by atoms with E-state index in [1.165, 1.54) is 15.6 Å². The van der Waals surface area contributed by atoms with Crippen LogP contribution >= 0.6 is 19.4 Å². The highest BCUT2D eigenvalue weighted by Gasteiger charge is 2.27. The quantitative estimate of drug-likeness (QED) is 0.391. The summed E-state index contributed by atoms with van der Waals surface area (Å²) in [5.41, 5.74) is 2.36. The van der Waals surface area contributed by atoms with Crippen LogP contribution in [-0.2, 0) is 20.7 Å². The summed E-state index contributed by atoms with van der Waals surface area (Å²) in [7, 11) is -0.996. The van der Waals surface area contributed by atoms with Crippen molar-refractivity contribution >= 4 is 31.1 Å². The molecule has 0 unspecified atom stereocenters. The van der Waals surface area contributed by atoms with Crippen LogP contribution in [0.25, 0.3) is 6.08 Å². The fraction of sp³-hybridized carbons (Fsp3) is 0.381. The number of aryl methyl sites for hydroxylation is 1. The third kappa shape index (κ3) is 6.43. The number of benzene rings is 1. The van der Waals surface area contributed by atoms with Crippen LogP contribution in [0.3, 0.4) is 0 Å². The van der Waals surface area contributed by atoms with Gasteiger partial charge in [0.25, 0.3) is 0 Å². The molecule has 0 aliphatic carbocycles. The zero-order valence-corrected chi connectivity index (χ0v) is 20.4. The molecular weight excluding hydrogens is 471 g/mol. The summed E-state index contributed by atoms with van der Waals surface area (Å²) in [5, 5.41) is 1.18. The van der Waals surface area contributed by atoms with Crippen LogP contribution in [0.5, 0.6) is 0 Å². The van der Waals surface area contributed by atoms with Crippen LogP contribution < -0.4 is 26.4 Å². The van der Waals surface area contributed by atoms with Crippen molar-refractivity contribution in [2.24, 2.45) is 7.05 Å². The molecule has 0 atom stereocenters. The molecule has 3 rings (SSSR count). The van der Waals surface area contributed by atoms with E-state index >= 15 is 0 Å². The monoisotopic (exact) mass is 498 g/mol. The molecule has 1 aliphatic rings. The number of hydrogen-bond acceptors (Lipinski definition) is 5. The van der Waals surface area contributed by atoms with Gasteiger partial charge in [-0.1, -0.05) is 23.9 Å². The van der Waals surface area contributed by atoms with Gasteiger partial charge in [-0.25, -0.2) is 4.57 Å². The van der Waals surface area contributed by atoms with Crippen LogP contribution in [0.4, 0.5) is 5.69 Å². The molecule has 1 aliphatic heterocycles. The van der Waals surface area contributed by atoms with Gasteiger partial charge in [-0.15, -0.1) is 0 Å². The third-order valence-electron chi connectivity index (χ3n) is 4.40. The van der Waals surface area contributed by atoms with E-state index in [1.807, 2.05) is 37.9 Å². The number of rotatable bonds is 9. The van der Waals surface area contributed by atoms with Crippen LogP contribution in [-0.4, -0.2) is 25.9 Å². The first-order valence-corrected chi connectivity index (χ1v) is 12.2. The Morgan fingerprint density at radius 3 is 2.41 bits per heavy atom. The molecule has 0 saturated carbocycles. The first kappa shape index (κ1) is 24.2. The first-order valence-electron chi connectivity index (χ1n) is 9.64. The number of pyridine rings is 1. The first-order chi connectivity index (χ1) is 13.5. The van der Waals surface area contributed by atoms with E-state index < -0.39 is 7.60 Å². The van der Waals surface area contributed by atoms with Crippen molar-refractivity contribution in [3.63, 3.8) is 0 Å². The highest BCUT2D eigenvalue weighted by Crippen LogP contribution is 2.50. The summed E-state index contributed by atoms with van der Waals surface area (Å²) in [6.45, 7) is 5.26. The second-order valence-corrected chi connectivity index (χ2v) is 9.77. The fourth-order valence-electron chi connectivity index (χ4n) is 3.12. The predicted molar refractivity (Wildman–Crippen MR) is 116 cm³/mol. The van der Waals surface area contributed by atoms with E-state index in [2.05, 4.69) is 47.4 Å². The Labute approximate surface area is 188 Å². The average Bonchev–Trinajstić information content (AvgIpc) is 3.01. The fourth-order valence-corrected chi connectivity index (χ4v) is 5.92. The number of hydrogen-bond donors (Lipinski definition) is 0. The van der Waals surface area contributed by atoms with Crippen molar-refractivity contribution < 1.29 is 35.2 Å². The molecule has 5 nitrogen and oxygen atoms in total. The maximum absolute atomic E-state index is 12.8. The molecular formula is C21H28BrN2O3PS. The van der Waals surface area contributed by atoms with Crippen molar-refractivity contribution in [1.82, 2.24) is 0 Å². The molecule has 0 saturated heterocycles. The topological polar surface area (TPSA) is 42.7 Å². The van der Waals surface area contributed by atoms with Crippen molar-refractivity contribution in [3.8, 4) is 0 Å². The van der Waals surface area contributed by atoms with Gasteiger partial charge in [0.15, 0.2) is 12.4 Å². The molecule has 0 radical (unpaired) electrons. The van der Waals surface area contributed by atoms with E-state index in [0.29, 0.717) is 19.4 Å². The lowest BCUT2D eigenvalue weighted by molar-refractivity contribution is -0.671. The Morgan fingerprint density at radius 2 is 1.76 bits per heavy atom. The van der Waals surface area contributed by atoms with Gasteiger partial charge in [0, 0.05) is 23.6 Å². The van der Waals surface area contributed by atoms with Gasteiger partial charge in [0.1, 0.15) is 7.05 Å². The van der Waals surface area contributed by atoms with E-state index in [1.54, 1.807) is 11.8 Å². The molecule has 2 aromatic rings. The molecule has 8 heteroatoms. The van der Waals surface area contributed by atoms with Crippen LogP contribution in [0, 0.1) is 0 Å². The van der Waals surface area contributed by atoms with E-state index in [4.69, 9.17) is 9.05 Å². The Morgan fingerprint density at radius 1 is 1.10 bits per heavy atom. The molecule has 2 heterocycles. The molecule has 1 aromatic heterocycles. The molecule has 0 amide bonds. The Kier molecular flexibility index (Phi) is 9.44. The predicted octanol–water partition coefficient (Wildman–Crippen LogP) is 2.08. The molecule has 1 aromatic carbocycles. The van der Waals surface area contributed by atoms with Gasteiger partial charge in [-0.2, -0.15) is 0 Å². The van der Waals surface area contributed by atoms with Crippen molar-refractivity contribution in [3.05, 3.63) is 59.4 Å². The second-order valence-electron chi connectivity index (χ2n) is 6.52. The van der Waals surface area contributed by atoms with Crippen LogP contribution in [0.1, 0.15) is 25.8 Å². The Bertz CT molecular complexity index is 866. The van der Waals surface area contributed by atoms with Gasteiger partial charge < -0.3 is 30.9 Å². The van der Waals surface area contributed by atoms with E-state index in [0.717, 1.165) is 18.5 Å². The summed E-state index contributed by atoms with van der Waals surface area (Å²) in [4.78, 5) is 3.54. The lowest BCUT2D eigenvalue weighted by Crippen LogP contribution is -3.00. The number of thioether (sulfide) groups is 1. The average molecular weight is 499 g/mol. The van der Waals surface area contributed by atoms with Crippen LogP contribution in [0.2, 0.25) is 0 Å². The highest BCUT2D eigenvalue weighted by molar-refractivity contribution is 8.03. The minimum atomic E-state index is -3.01. The van der Waals surface area contributed by atoms with Crippen molar-refractivity contribution in [1.29, 1.82) is 0 Å². The summed E-state index contributed by atoms with van der Waals surface area (Å²) in [6, 6.07) is 12.6. The van der Waals surface area contributed by atoms with Gasteiger partial charge >= 0.3 is 7.60 Å². The number of halogens is 1. The smallest absolute Gasteiger partial charge is 0.330 e. The molecule has 0 spiro atoms. The Balaban J connectivity index is 0.00000300.